The zero-order valence-electron chi connectivity index (χ0n) is 12.3. The Morgan fingerprint density at radius 2 is 1.90 bits per heavy atom. The highest BCUT2D eigenvalue weighted by atomic mass is 79.9. The van der Waals surface area contributed by atoms with Crippen LogP contribution in [-0.4, -0.2) is 22.1 Å². The maximum absolute atomic E-state index is 9.53. The number of hydrogen-bond acceptors (Lipinski definition) is 4. The summed E-state index contributed by atoms with van der Waals surface area (Å²) in [5.41, 5.74) is 1.52. The van der Waals surface area contributed by atoms with Gasteiger partial charge in [0.2, 0.25) is 0 Å². The van der Waals surface area contributed by atoms with E-state index in [4.69, 9.17) is 11.6 Å². The largest absolute Gasteiger partial charge is 0.506 e. The lowest BCUT2D eigenvalue weighted by atomic mass is 9.91. The molecule has 0 amide bonds. The van der Waals surface area contributed by atoms with Crippen molar-refractivity contribution in [2.75, 3.05) is 12.4 Å². The number of aromatic nitrogens is 2. The Morgan fingerprint density at radius 3 is 2.43 bits per heavy atom. The fourth-order valence-electron chi connectivity index (χ4n) is 1.88. The fraction of sp³-hybridized carbons (Fsp3) is 0.333. The Bertz CT molecular complexity index is 683. The Labute approximate surface area is 137 Å². The normalized spacial score (nSPS) is 11.5. The van der Waals surface area contributed by atoms with E-state index in [9.17, 15) is 5.11 Å². The van der Waals surface area contributed by atoms with Crippen molar-refractivity contribution >= 4 is 33.3 Å². The van der Waals surface area contributed by atoms with Gasteiger partial charge in [-0.1, -0.05) is 32.4 Å². The number of phenolic OH excluding ortho intramolecular Hbond substituents is 1. The first-order valence-corrected chi connectivity index (χ1v) is 7.65. The number of halogens is 2. The molecule has 0 atom stereocenters. The van der Waals surface area contributed by atoms with E-state index in [1.807, 2.05) is 7.05 Å². The first-order valence-electron chi connectivity index (χ1n) is 6.48. The molecule has 1 aromatic heterocycles. The minimum absolute atomic E-state index is 0.0439. The topological polar surface area (TPSA) is 58.0 Å². The maximum Gasteiger partial charge on any atom is 0.161 e. The molecule has 2 rings (SSSR count). The van der Waals surface area contributed by atoms with Crippen LogP contribution in [0.5, 0.6) is 5.75 Å². The van der Waals surface area contributed by atoms with Crippen molar-refractivity contribution in [3.8, 4) is 17.1 Å². The van der Waals surface area contributed by atoms with E-state index < -0.39 is 0 Å². The molecule has 2 aromatic rings. The van der Waals surface area contributed by atoms with E-state index in [0.717, 1.165) is 15.7 Å². The molecule has 0 fully saturated rings. The maximum atomic E-state index is 9.53. The molecule has 0 aliphatic carbocycles. The smallest absolute Gasteiger partial charge is 0.161 e. The minimum atomic E-state index is -0.136. The Kier molecular flexibility index (Phi) is 4.44. The molecule has 1 aromatic carbocycles. The van der Waals surface area contributed by atoms with Gasteiger partial charge in [-0.05, 0) is 34.1 Å². The third kappa shape index (κ3) is 3.30. The Hall–Kier alpha value is -1.33. The lowest BCUT2D eigenvalue weighted by Crippen LogP contribution is -2.17. The summed E-state index contributed by atoms with van der Waals surface area (Å²) in [6.07, 6.45) is 0. The molecule has 112 valence electrons. The molecular weight excluding hydrogens is 354 g/mol. The van der Waals surface area contributed by atoms with Gasteiger partial charge in [-0.25, -0.2) is 9.97 Å². The highest BCUT2D eigenvalue weighted by molar-refractivity contribution is 9.10. The number of phenols is 1. The van der Waals surface area contributed by atoms with E-state index in [2.05, 4.69) is 52.0 Å². The Balaban J connectivity index is 2.66. The highest BCUT2D eigenvalue weighted by Gasteiger charge is 2.23. The summed E-state index contributed by atoms with van der Waals surface area (Å²) in [7, 11) is 1.81. The summed E-state index contributed by atoms with van der Waals surface area (Å²) >= 11 is 9.52. The number of rotatable bonds is 2. The first-order chi connectivity index (χ1) is 9.74. The summed E-state index contributed by atoms with van der Waals surface area (Å²) in [6.45, 7) is 6.27. The van der Waals surface area contributed by atoms with Crippen LogP contribution < -0.4 is 5.32 Å². The average molecular weight is 371 g/mol. The molecule has 0 radical (unpaired) electrons. The molecule has 0 unspecified atom stereocenters. The van der Waals surface area contributed by atoms with Crippen LogP contribution in [0.1, 0.15) is 26.5 Å². The van der Waals surface area contributed by atoms with Gasteiger partial charge < -0.3 is 10.4 Å². The third-order valence-electron chi connectivity index (χ3n) is 3.00. The van der Waals surface area contributed by atoms with Gasteiger partial charge in [0.1, 0.15) is 11.6 Å². The van der Waals surface area contributed by atoms with E-state index in [0.29, 0.717) is 11.6 Å². The van der Waals surface area contributed by atoms with E-state index in [1.165, 1.54) is 0 Å². The minimum Gasteiger partial charge on any atom is -0.506 e. The zero-order chi connectivity index (χ0) is 15.8. The summed E-state index contributed by atoms with van der Waals surface area (Å²) in [5, 5.41) is 12.9. The number of aromatic hydroxyl groups is 1. The molecule has 1 heterocycles. The van der Waals surface area contributed by atoms with Gasteiger partial charge in [-0.3, -0.25) is 0 Å². The van der Waals surface area contributed by atoms with Crippen LogP contribution in [0.3, 0.4) is 0 Å². The molecule has 0 bridgehead atoms. The van der Waals surface area contributed by atoms with Crippen LogP contribution in [-0.2, 0) is 5.41 Å². The number of nitrogens with one attached hydrogen (secondary N) is 1. The van der Waals surface area contributed by atoms with Crippen molar-refractivity contribution in [3.63, 3.8) is 0 Å². The van der Waals surface area contributed by atoms with Gasteiger partial charge in [0.15, 0.2) is 5.82 Å². The Morgan fingerprint density at radius 1 is 1.24 bits per heavy atom. The van der Waals surface area contributed by atoms with E-state index >= 15 is 0 Å². The second-order valence-electron chi connectivity index (χ2n) is 5.72. The van der Waals surface area contributed by atoms with Gasteiger partial charge in [0.25, 0.3) is 0 Å². The summed E-state index contributed by atoms with van der Waals surface area (Å²) in [6, 6.07) is 4.95. The number of nitrogens with zero attached hydrogens (tertiary/aromatic N) is 2. The third-order valence-corrected chi connectivity index (χ3v) is 4.06. The van der Waals surface area contributed by atoms with Crippen LogP contribution in [0.25, 0.3) is 11.4 Å². The molecule has 0 saturated carbocycles. The van der Waals surface area contributed by atoms with Gasteiger partial charge in [0.05, 0.1) is 15.2 Å². The highest BCUT2D eigenvalue weighted by Crippen LogP contribution is 2.35. The monoisotopic (exact) mass is 369 g/mol. The standard InChI is InChI=1S/C15H17BrClN3O/c1-15(2,3)12-11(16)14(18-4)20-13(19-12)8-5-6-10(21)9(17)7-8/h5-7,21H,1-4H3,(H,18,19,20). The van der Waals surface area contributed by atoms with Gasteiger partial charge in [0, 0.05) is 18.0 Å². The number of anilines is 1. The van der Waals surface area contributed by atoms with Crippen LogP contribution in [0.2, 0.25) is 5.02 Å². The first kappa shape index (κ1) is 16.0. The fourth-order valence-corrected chi connectivity index (χ4v) is 3.04. The predicted molar refractivity (Wildman–Crippen MR) is 90.1 cm³/mol. The van der Waals surface area contributed by atoms with Crippen LogP contribution >= 0.6 is 27.5 Å². The quantitative estimate of drug-likeness (QED) is 0.811. The number of benzene rings is 1. The van der Waals surface area contributed by atoms with Crippen LogP contribution in [0.15, 0.2) is 22.7 Å². The zero-order valence-corrected chi connectivity index (χ0v) is 14.7. The van der Waals surface area contributed by atoms with Crippen molar-refractivity contribution in [1.82, 2.24) is 9.97 Å². The van der Waals surface area contributed by atoms with Gasteiger partial charge in [-0.15, -0.1) is 0 Å². The van der Waals surface area contributed by atoms with E-state index in [-0.39, 0.29) is 16.2 Å². The van der Waals surface area contributed by atoms with Crippen molar-refractivity contribution in [3.05, 3.63) is 33.4 Å². The van der Waals surface area contributed by atoms with Crippen LogP contribution in [0.4, 0.5) is 5.82 Å². The van der Waals surface area contributed by atoms with Gasteiger partial charge in [-0.2, -0.15) is 0 Å². The van der Waals surface area contributed by atoms with Crippen molar-refractivity contribution in [2.45, 2.75) is 26.2 Å². The van der Waals surface area contributed by atoms with Crippen LogP contribution in [0, 0.1) is 0 Å². The summed E-state index contributed by atoms with van der Waals surface area (Å²) < 4.78 is 0.853. The van der Waals surface area contributed by atoms with Crippen molar-refractivity contribution in [2.24, 2.45) is 0 Å². The lowest BCUT2D eigenvalue weighted by molar-refractivity contribution is 0.475. The average Bonchev–Trinajstić information content (AvgIpc) is 2.41. The molecule has 6 heteroatoms. The lowest BCUT2D eigenvalue weighted by Gasteiger charge is -2.21. The number of hydrogen-bond donors (Lipinski definition) is 2. The molecule has 0 saturated heterocycles. The molecule has 0 aliphatic heterocycles. The molecule has 21 heavy (non-hydrogen) atoms. The van der Waals surface area contributed by atoms with Crippen molar-refractivity contribution in [1.29, 1.82) is 0 Å². The molecule has 2 N–H and O–H groups in total. The van der Waals surface area contributed by atoms with Gasteiger partial charge >= 0.3 is 0 Å². The molecular formula is C15H17BrClN3O. The predicted octanol–water partition coefficient (Wildman–Crippen LogP) is 4.60. The second kappa shape index (κ2) is 5.81. The van der Waals surface area contributed by atoms with E-state index in [1.54, 1.807) is 18.2 Å². The molecule has 4 nitrogen and oxygen atoms in total. The SMILES string of the molecule is CNc1nc(-c2ccc(O)c(Cl)c2)nc(C(C)(C)C)c1Br. The summed E-state index contributed by atoms with van der Waals surface area (Å²) in [5.74, 6) is 1.32. The molecule has 0 aliphatic rings. The summed E-state index contributed by atoms with van der Waals surface area (Å²) in [4.78, 5) is 9.15. The molecule has 0 spiro atoms. The van der Waals surface area contributed by atoms with Crippen molar-refractivity contribution < 1.29 is 5.11 Å². The second-order valence-corrected chi connectivity index (χ2v) is 6.92.